The Hall–Kier alpha value is -1.28. The fourth-order valence-electron chi connectivity index (χ4n) is 1.82. The number of nitrogens with zero attached hydrogens (tertiary/aromatic N) is 1. The second-order valence-electron chi connectivity index (χ2n) is 4.00. The molecule has 0 fully saturated rings. The summed E-state index contributed by atoms with van der Waals surface area (Å²) < 4.78 is 1.10. The molecule has 0 bridgehead atoms. The van der Waals surface area contributed by atoms with E-state index in [9.17, 15) is 0 Å². The highest BCUT2D eigenvalue weighted by Crippen LogP contribution is 2.28. The molecule has 0 aromatic heterocycles. The van der Waals surface area contributed by atoms with Crippen molar-refractivity contribution in [3.05, 3.63) is 46.9 Å². The van der Waals surface area contributed by atoms with E-state index in [2.05, 4.69) is 57.7 Å². The van der Waals surface area contributed by atoms with Crippen molar-refractivity contribution in [2.45, 2.75) is 0 Å². The molecular weight excluding hydrogens is 262 g/mol. The van der Waals surface area contributed by atoms with Crippen LogP contribution in [0.5, 0.6) is 0 Å². The zero-order valence-corrected chi connectivity index (χ0v) is 11.1. The Morgan fingerprint density at radius 3 is 2.50 bits per heavy atom. The van der Waals surface area contributed by atoms with Crippen LogP contribution >= 0.6 is 15.9 Å². The Morgan fingerprint density at radius 2 is 1.88 bits per heavy atom. The van der Waals surface area contributed by atoms with Gasteiger partial charge in [-0.2, -0.15) is 0 Å². The molecule has 0 radical (unpaired) electrons. The van der Waals surface area contributed by atoms with Crippen LogP contribution in [0.15, 0.2) is 41.4 Å². The first-order valence-corrected chi connectivity index (χ1v) is 5.94. The Balaban J connectivity index is 2.75. The van der Waals surface area contributed by atoms with E-state index in [1.54, 1.807) is 0 Å². The van der Waals surface area contributed by atoms with Crippen LogP contribution < -0.4 is 4.90 Å². The predicted molar refractivity (Wildman–Crippen MR) is 76.1 cm³/mol. The number of rotatable bonds is 2. The van der Waals surface area contributed by atoms with Gasteiger partial charge in [0, 0.05) is 24.3 Å². The van der Waals surface area contributed by atoms with Crippen LogP contribution in [0.2, 0.25) is 0 Å². The molecule has 1 nitrogen and oxygen atoms in total. The Bertz CT molecular complexity index is 544. The van der Waals surface area contributed by atoms with Crippen molar-refractivity contribution >= 4 is 38.5 Å². The van der Waals surface area contributed by atoms with Crippen LogP contribution in [0.1, 0.15) is 5.56 Å². The summed E-state index contributed by atoms with van der Waals surface area (Å²) in [5.74, 6) is 0. The molecule has 2 rings (SSSR count). The van der Waals surface area contributed by atoms with Crippen LogP contribution in [-0.4, -0.2) is 14.1 Å². The molecule has 0 heterocycles. The van der Waals surface area contributed by atoms with E-state index in [0.717, 1.165) is 10.0 Å². The molecule has 82 valence electrons. The third-order valence-electron chi connectivity index (χ3n) is 2.65. The summed E-state index contributed by atoms with van der Waals surface area (Å²) >= 11 is 3.49. The summed E-state index contributed by atoms with van der Waals surface area (Å²) in [4.78, 5) is 2.11. The third kappa shape index (κ3) is 1.98. The molecule has 0 atom stereocenters. The van der Waals surface area contributed by atoms with Crippen LogP contribution in [0.25, 0.3) is 16.8 Å². The molecule has 0 spiro atoms. The molecule has 2 aromatic rings. The van der Waals surface area contributed by atoms with E-state index < -0.39 is 0 Å². The number of halogens is 1. The van der Waals surface area contributed by atoms with E-state index in [4.69, 9.17) is 0 Å². The van der Waals surface area contributed by atoms with E-state index in [-0.39, 0.29) is 0 Å². The molecule has 2 heteroatoms. The normalized spacial score (nSPS) is 10.4. The first kappa shape index (κ1) is 11.2. The average Bonchev–Trinajstić information content (AvgIpc) is 2.26. The number of hydrogen-bond donors (Lipinski definition) is 0. The Labute approximate surface area is 105 Å². The van der Waals surface area contributed by atoms with E-state index in [1.807, 2.05) is 20.2 Å². The van der Waals surface area contributed by atoms with Crippen molar-refractivity contribution in [2.75, 3.05) is 19.0 Å². The quantitative estimate of drug-likeness (QED) is 0.790. The van der Waals surface area contributed by atoms with Gasteiger partial charge in [0.2, 0.25) is 0 Å². The van der Waals surface area contributed by atoms with E-state index in [1.165, 1.54) is 16.5 Å². The van der Waals surface area contributed by atoms with Gasteiger partial charge in [-0.3, -0.25) is 0 Å². The van der Waals surface area contributed by atoms with Gasteiger partial charge in [-0.25, -0.2) is 0 Å². The molecule has 0 aliphatic rings. The van der Waals surface area contributed by atoms with Gasteiger partial charge in [0.25, 0.3) is 0 Å². The minimum Gasteiger partial charge on any atom is -0.377 e. The zero-order chi connectivity index (χ0) is 11.7. The van der Waals surface area contributed by atoms with Gasteiger partial charge in [0.1, 0.15) is 0 Å². The lowest BCUT2D eigenvalue weighted by atomic mass is 10.0. The summed E-state index contributed by atoms with van der Waals surface area (Å²) in [6.45, 7) is 3.86. The largest absolute Gasteiger partial charge is 0.377 e. The first-order valence-electron chi connectivity index (χ1n) is 5.15. The van der Waals surface area contributed by atoms with Crippen molar-refractivity contribution < 1.29 is 0 Å². The smallest absolute Gasteiger partial charge is 0.0440 e. The molecule has 0 N–H and O–H groups in total. The van der Waals surface area contributed by atoms with Crippen molar-refractivity contribution in [2.24, 2.45) is 0 Å². The number of fused-ring (bicyclic) bond motifs is 1. The lowest BCUT2D eigenvalue weighted by molar-refractivity contribution is 1.13. The second kappa shape index (κ2) is 4.30. The fraction of sp³-hybridized carbons (Fsp3) is 0.143. The molecule has 0 saturated carbocycles. The zero-order valence-electron chi connectivity index (χ0n) is 9.50. The minimum atomic E-state index is 1.10. The molecule has 2 aromatic carbocycles. The summed E-state index contributed by atoms with van der Waals surface area (Å²) in [5, 5.41) is 2.48. The maximum absolute atomic E-state index is 3.86. The molecule has 0 amide bonds. The van der Waals surface area contributed by atoms with Gasteiger partial charge < -0.3 is 4.90 Å². The summed E-state index contributed by atoms with van der Waals surface area (Å²) in [7, 11) is 4.10. The van der Waals surface area contributed by atoms with Crippen LogP contribution in [-0.2, 0) is 0 Å². The number of benzene rings is 2. The third-order valence-corrected chi connectivity index (χ3v) is 3.14. The monoisotopic (exact) mass is 275 g/mol. The Morgan fingerprint density at radius 1 is 1.12 bits per heavy atom. The molecule has 16 heavy (non-hydrogen) atoms. The van der Waals surface area contributed by atoms with Crippen LogP contribution in [0.3, 0.4) is 0 Å². The van der Waals surface area contributed by atoms with Crippen LogP contribution in [0.4, 0.5) is 5.69 Å². The van der Waals surface area contributed by atoms with Gasteiger partial charge in [-0.15, -0.1) is 0 Å². The summed E-state index contributed by atoms with van der Waals surface area (Å²) in [5.41, 5.74) is 2.36. The molecular formula is C14H14BrN. The highest BCUT2D eigenvalue weighted by atomic mass is 79.9. The maximum Gasteiger partial charge on any atom is 0.0440 e. The molecule has 0 aliphatic carbocycles. The van der Waals surface area contributed by atoms with Gasteiger partial charge in [-0.1, -0.05) is 34.7 Å². The van der Waals surface area contributed by atoms with E-state index in [0.29, 0.717) is 0 Å². The van der Waals surface area contributed by atoms with Gasteiger partial charge >= 0.3 is 0 Å². The van der Waals surface area contributed by atoms with E-state index >= 15 is 0 Å². The van der Waals surface area contributed by atoms with Crippen LogP contribution in [0, 0.1) is 0 Å². The minimum absolute atomic E-state index is 1.10. The summed E-state index contributed by atoms with van der Waals surface area (Å²) in [6, 6.07) is 10.7. The maximum atomic E-state index is 3.86. The highest BCUT2D eigenvalue weighted by Gasteiger charge is 2.04. The lowest BCUT2D eigenvalue weighted by Gasteiger charge is -2.17. The molecule has 0 saturated heterocycles. The predicted octanol–water partition coefficient (Wildman–Crippen LogP) is 4.31. The standard InChI is InChI=1S/C14H14BrN/c1-4-10-7-12-8-13(15)6-5-11(12)9-14(10)16(2)3/h4-9H,1H2,2-3H3. The van der Waals surface area contributed by atoms with Crippen molar-refractivity contribution in [3.63, 3.8) is 0 Å². The topological polar surface area (TPSA) is 3.24 Å². The average molecular weight is 276 g/mol. The van der Waals surface area contributed by atoms with Gasteiger partial charge in [0.15, 0.2) is 0 Å². The SMILES string of the molecule is C=Cc1cc2cc(Br)ccc2cc1N(C)C. The fourth-order valence-corrected chi connectivity index (χ4v) is 2.20. The van der Waals surface area contributed by atoms with Crippen molar-refractivity contribution in [1.82, 2.24) is 0 Å². The molecule has 0 unspecified atom stereocenters. The summed E-state index contributed by atoms with van der Waals surface area (Å²) in [6.07, 6.45) is 1.90. The highest BCUT2D eigenvalue weighted by molar-refractivity contribution is 9.10. The van der Waals surface area contributed by atoms with Crippen molar-refractivity contribution in [1.29, 1.82) is 0 Å². The number of anilines is 1. The number of hydrogen-bond acceptors (Lipinski definition) is 1. The first-order chi connectivity index (χ1) is 7.61. The molecule has 0 aliphatic heterocycles. The van der Waals surface area contributed by atoms with Crippen molar-refractivity contribution in [3.8, 4) is 0 Å². The second-order valence-corrected chi connectivity index (χ2v) is 4.92. The Kier molecular flexibility index (Phi) is 3.01. The lowest BCUT2D eigenvalue weighted by Crippen LogP contribution is -2.10. The van der Waals surface area contributed by atoms with Gasteiger partial charge in [0.05, 0.1) is 0 Å². The van der Waals surface area contributed by atoms with Gasteiger partial charge in [-0.05, 0) is 40.6 Å².